The molecule has 0 radical (unpaired) electrons. The van der Waals surface area contributed by atoms with Gasteiger partial charge in [-0.15, -0.1) is 0 Å². The summed E-state index contributed by atoms with van der Waals surface area (Å²) >= 11 is 0. The van der Waals surface area contributed by atoms with Crippen LogP contribution in [0.2, 0.25) is 0 Å². The molecule has 1 heterocycles. The number of ether oxygens (including phenoxy) is 1. The van der Waals surface area contributed by atoms with Crippen LogP contribution in [0.15, 0.2) is 18.2 Å². The van der Waals surface area contributed by atoms with Crippen LogP contribution in [0.4, 0.5) is 0 Å². The molecule has 3 N–H and O–H groups in total. The number of hydrogen-bond acceptors (Lipinski definition) is 5. The summed E-state index contributed by atoms with van der Waals surface area (Å²) in [5, 5.41) is 28.3. The number of aliphatic hydroxyl groups excluding tert-OH is 1. The summed E-state index contributed by atoms with van der Waals surface area (Å²) in [7, 11) is 0. The van der Waals surface area contributed by atoms with Gasteiger partial charge in [0.25, 0.3) is 0 Å². The molecule has 0 spiro atoms. The van der Waals surface area contributed by atoms with Gasteiger partial charge in [0.1, 0.15) is 11.5 Å². The van der Waals surface area contributed by atoms with Crippen molar-refractivity contribution < 1.29 is 24.9 Å². The Morgan fingerprint density at radius 3 is 2.62 bits per heavy atom. The Morgan fingerprint density at radius 1 is 1.29 bits per heavy atom. The van der Waals surface area contributed by atoms with Crippen molar-refractivity contribution in [1.82, 2.24) is 4.90 Å². The normalized spacial score (nSPS) is 16.7. The fourth-order valence-electron chi connectivity index (χ4n) is 2.50. The van der Waals surface area contributed by atoms with Crippen molar-refractivity contribution in [1.29, 1.82) is 0 Å². The SMILES string of the molecule is O=C(C(CCO)Cc1ccc(O)cc1O)N1CCOCC1. The zero-order valence-electron chi connectivity index (χ0n) is 11.9. The third-order valence-electron chi connectivity index (χ3n) is 3.68. The van der Waals surface area contributed by atoms with Crippen LogP contribution in [-0.4, -0.2) is 59.0 Å². The maximum atomic E-state index is 12.5. The number of morpholine rings is 1. The highest BCUT2D eigenvalue weighted by atomic mass is 16.5. The summed E-state index contributed by atoms with van der Waals surface area (Å²) in [6.45, 7) is 2.09. The van der Waals surface area contributed by atoms with Crippen LogP contribution >= 0.6 is 0 Å². The highest BCUT2D eigenvalue weighted by molar-refractivity contribution is 5.79. The van der Waals surface area contributed by atoms with Gasteiger partial charge in [-0.25, -0.2) is 0 Å². The van der Waals surface area contributed by atoms with E-state index in [9.17, 15) is 20.1 Å². The molecule has 0 aromatic heterocycles. The lowest BCUT2D eigenvalue weighted by molar-refractivity contribution is -0.140. The highest BCUT2D eigenvalue weighted by Gasteiger charge is 2.26. The van der Waals surface area contributed by atoms with Gasteiger partial charge in [-0.3, -0.25) is 4.79 Å². The van der Waals surface area contributed by atoms with Crippen molar-refractivity contribution >= 4 is 5.91 Å². The quantitative estimate of drug-likeness (QED) is 0.736. The lowest BCUT2D eigenvalue weighted by Gasteiger charge is -2.30. The summed E-state index contributed by atoms with van der Waals surface area (Å²) in [6.07, 6.45) is 0.680. The van der Waals surface area contributed by atoms with E-state index >= 15 is 0 Å². The Kier molecular flexibility index (Phi) is 5.41. The van der Waals surface area contributed by atoms with Crippen molar-refractivity contribution in [3.8, 4) is 11.5 Å². The molecule has 1 amide bonds. The number of carbonyl (C=O) groups is 1. The third-order valence-corrected chi connectivity index (χ3v) is 3.68. The molecular formula is C15H21NO5. The zero-order valence-corrected chi connectivity index (χ0v) is 11.9. The van der Waals surface area contributed by atoms with Crippen molar-refractivity contribution in [2.45, 2.75) is 12.8 Å². The topological polar surface area (TPSA) is 90.2 Å². The number of carbonyl (C=O) groups excluding carboxylic acids is 1. The molecule has 1 aromatic carbocycles. The summed E-state index contributed by atoms with van der Waals surface area (Å²) in [4.78, 5) is 14.2. The molecule has 0 bridgehead atoms. The van der Waals surface area contributed by atoms with Crippen molar-refractivity contribution in [2.75, 3.05) is 32.9 Å². The number of phenols is 2. The lowest BCUT2D eigenvalue weighted by Crippen LogP contribution is -2.44. The summed E-state index contributed by atoms with van der Waals surface area (Å²) in [5.41, 5.74) is 0.591. The van der Waals surface area contributed by atoms with E-state index in [-0.39, 0.29) is 29.9 Å². The van der Waals surface area contributed by atoms with E-state index in [4.69, 9.17) is 4.74 Å². The summed E-state index contributed by atoms with van der Waals surface area (Å²) in [5.74, 6) is -0.467. The van der Waals surface area contributed by atoms with Gasteiger partial charge < -0.3 is 25.0 Å². The molecule has 1 unspecified atom stereocenters. The van der Waals surface area contributed by atoms with Crippen LogP contribution < -0.4 is 0 Å². The molecule has 21 heavy (non-hydrogen) atoms. The Balaban J connectivity index is 2.08. The molecule has 1 saturated heterocycles. The molecule has 1 atom stereocenters. The zero-order chi connectivity index (χ0) is 15.2. The summed E-state index contributed by atoms with van der Waals surface area (Å²) < 4.78 is 5.23. The Morgan fingerprint density at radius 2 is 2.00 bits per heavy atom. The molecule has 1 aliphatic heterocycles. The fraction of sp³-hybridized carbons (Fsp3) is 0.533. The Bertz CT molecular complexity index is 485. The number of rotatable bonds is 5. The van der Waals surface area contributed by atoms with Crippen LogP contribution in [0, 0.1) is 5.92 Å². The van der Waals surface area contributed by atoms with Gasteiger partial charge in [0.2, 0.25) is 5.91 Å². The van der Waals surface area contributed by atoms with Gasteiger partial charge in [0, 0.05) is 31.7 Å². The van der Waals surface area contributed by atoms with E-state index in [1.165, 1.54) is 12.1 Å². The van der Waals surface area contributed by atoms with E-state index < -0.39 is 0 Å². The molecule has 0 saturated carbocycles. The van der Waals surface area contributed by atoms with Gasteiger partial charge >= 0.3 is 0 Å². The van der Waals surface area contributed by atoms with E-state index in [2.05, 4.69) is 0 Å². The van der Waals surface area contributed by atoms with Gasteiger partial charge in [0.05, 0.1) is 13.2 Å². The first-order chi connectivity index (χ1) is 10.1. The Hall–Kier alpha value is -1.79. The van der Waals surface area contributed by atoms with Crippen molar-refractivity contribution in [2.24, 2.45) is 5.92 Å². The van der Waals surface area contributed by atoms with E-state index in [1.807, 2.05) is 0 Å². The largest absolute Gasteiger partial charge is 0.508 e. The fourth-order valence-corrected chi connectivity index (χ4v) is 2.50. The lowest BCUT2D eigenvalue weighted by atomic mass is 9.94. The first-order valence-corrected chi connectivity index (χ1v) is 7.10. The molecular weight excluding hydrogens is 274 g/mol. The highest BCUT2D eigenvalue weighted by Crippen LogP contribution is 2.26. The number of phenolic OH excluding ortho intramolecular Hbond substituents is 2. The molecule has 2 rings (SSSR count). The van der Waals surface area contributed by atoms with E-state index in [0.717, 1.165) is 0 Å². The second-order valence-corrected chi connectivity index (χ2v) is 5.16. The second kappa shape index (κ2) is 7.28. The van der Waals surface area contributed by atoms with E-state index in [1.54, 1.807) is 11.0 Å². The minimum Gasteiger partial charge on any atom is -0.508 e. The smallest absolute Gasteiger partial charge is 0.226 e. The molecule has 1 aromatic rings. The van der Waals surface area contributed by atoms with Crippen LogP contribution in [-0.2, 0) is 16.0 Å². The number of benzene rings is 1. The van der Waals surface area contributed by atoms with Crippen LogP contribution in [0.1, 0.15) is 12.0 Å². The molecule has 0 aliphatic carbocycles. The molecule has 6 heteroatoms. The number of nitrogens with zero attached hydrogens (tertiary/aromatic N) is 1. The maximum absolute atomic E-state index is 12.5. The molecule has 116 valence electrons. The molecule has 1 aliphatic rings. The first kappa shape index (κ1) is 15.6. The number of aliphatic hydroxyl groups is 1. The minimum absolute atomic E-state index is 0.0190. The van der Waals surface area contributed by atoms with E-state index in [0.29, 0.717) is 44.7 Å². The number of hydrogen-bond donors (Lipinski definition) is 3. The van der Waals surface area contributed by atoms with Gasteiger partial charge in [-0.05, 0) is 24.5 Å². The predicted octanol–water partition coefficient (Wildman–Crippen LogP) is 0.498. The van der Waals surface area contributed by atoms with Crippen LogP contribution in [0.25, 0.3) is 0 Å². The molecule has 1 fully saturated rings. The average Bonchev–Trinajstić information content (AvgIpc) is 2.49. The number of aromatic hydroxyl groups is 2. The maximum Gasteiger partial charge on any atom is 0.226 e. The number of amides is 1. The average molecular weight is 295 g/mol. The summed E-state index contributed by atoms with van der Waals surface area (Å²) in [6, 6.07) is 4.33. The van der Waals surface area contributed by atoms with Gasteiger partial charge in [-0.2, -0.15) is 0 Å². The standard InChI is InChI=1S/C15H21NO5/c17-6-3-12(15(20)16-4-7-21-8-5-16)9-11-1-2-13(18)10-14(11)19/h1-2,10,12,17-19H,3-9H2. The van der Waals surface area contributed by atoms with Gasteiger partial charge in [0.15, 0.2) is 0 Å². The second-order valence-electron chi connectivity index (χ2n) is 5.16. The van der Waals surface area contributed by atoms with Crippen molar-refractivity contribution in [3.05, 3.63) is 23.8 Å². The third kappa shape index (κ3) is 4.09. The Labute approximate surface area is 123 Å². The predicted molar refractivity (Wildman–Crippen MR) is 76.1 cm³/mol. The monoisotopic (exact) mass is 295 g/mol. The minimum atomic E-state index is -0.386. The van der Waals surface area contributed by atoms with Crippen molar-refractivity contribution in [3.63, 3.8) is 0 Å². The molecule has 6 nitrogen and oxygen atoms in total. The van der Waals surface area contributed by atoms with Crippen LogP contribution in [0.5, 0.6) is 11.5 Å². The van der Waals surface area contributed by atoms with Gasteiger partial charge in [-0.1, -0.05) is 6.07 Å². The van der Waals surface area contributed by atoms with Crippen LogP contribution in [0.3, 0.4) is 0 Å². The first-order valence-electron chi connectivity index (χ1n) is 7.10.